The molecule has 1 heterocycles. The Morgan fingerprint density at radius 3 is 2.57 bits per heavy atom. The van der Waals surface area contributed by atoms with Gasteiger partial charge in [0.05, 0.1) is 0 Å². The van der Waals surface area contributed by atoms with Gasteiger partial charge in [0.1, 0.15) is 11.5 Å². The van der Waals surface area contributed by atoms with E-state index >= 15 is 0 Å². The Kier molecular flexibility index (Phi) is 4.18. The average molecular weight is 220 g/mol. The number of carbonyl (C=O) groups is 1. The molecule has 1 rings (SSSR count). The minimum Gasteiger partial charge on any atom is -0.616 e. The normalized spacial score (nSPS) is 32.6. The molecule has 1 aliphatic rings. The largest absolute Gasteiger partial charge is 0.616 e. The molecule has 0 aromatic rings. The van der Waals surface area contributed by atoms with Crippen molar-refractivity contribution in [1.82, 2.24) is 5.48 Å². The minimum atomic E-state index is -0.755. The Hall–Kier alpha value is -0.300. The molecule has 4 N–H and O–H groups in total. The predicted molar refractivity (Wildman–Crippen MR) is 53.1 cm³/mol. The lowest BCUT2D eigenvalue weighted by atomic mass is 9.79. The first kappa shape index (κ1) is 11.8. The molecule has 0 radical (unpaired) electrons. The van der Waals surface area contributed by atoms with Crippen molar-refractivity contribution in [2.45, 2.75) is 19.3 Å². The molecule has 14 heavy (non-hydrogen) atoms. The van der Waals surface area contributed by atoms with Crippen LogP contribution >= 0.6 is 0 Å². The second kappa shape index (κ2) is 4.97. The summed E-state index contributed by atoms with van der Waals surface area (Å²) in [5.74, 6) is 0.800. The highest BCUT2D eigenvalue weighted by Gasteiger charge is 2.37. The first-order chi connectivity index (χ1) is 6.62. The zero-order chi connectivity index (χ0) is 10.6. The molecule has 0 saturated carbocycles. The predicted octanol–water partition coefficient (Wildman–Crippen LogP) is -0.630. The number of amides is 1. The van der Waals surface area contributed by atoms with Crippen molar-refractivity contribution in [1.29, 1.82) is 0 Å². The number of hydrogen-bond acceptors (Lipinski definition) is 4. The van der Waals surface area contributed by atoms with Crippen molar-refractivity contribution in [3.8, 4) is 0 Å². The Morgan fingerprint density at radius 2 is 2.14 bits per heavy atom. The first-order valence-electron chi connectivity index (χ1n) is 4.60. The molecule has 1 amide bonds. The molecule has 0 aromatic heterocycles. The molecular weight excluding hydrogens is 204 g/mol. The van der Waals surface area contributed by atoms with Crippen LogP contribution in [0.3, 0.4) is 0 Å². The highest BCUT2D eigenvalue weighted by molar-refractivity contribution is 7.91. The Labute approximate surface area is 86.2 Å². The summed E-state index contributed by atoms with van der Waals surface area (Å²) >= 11 is -0.755. The maximum absolute atomic E-state index is 11.1. The van der Waals surface area contributed by atoms with Crippen LogP contribution in [0.25, 0.3) is 0 Å². The Balaban J connectivity index is 2.54. The van der Waals surface area contributed by atoms with Crippen molar-refractivity contribution < 1.29 is 14.6 Å². The van der Waals surface area contributed by atoms with E-state index in [1.54, 1.807) is 5.48 Å². The van der Waals surface area contributed by atoms with Gasteiger partial charge in [0, 0.05) is 11.8 Å². The highest BCUT2D eigenvalue weighted by Crippen LogP contribution is 2.34. The summed E-state index contributed by atoms with van der Waals surface area (Å²) in [6.45, 7) is 0.400. The van der Waals surface area contributed by atoms with Gasteiger partial charge in [0.2, 0.25) is 5.91 Å². The van der Waals surface area contributed by atoms with Crippen LogP contribution in [0.2, 0.25) is 0 Å². The van der Waals surface area contributed by atoms with Gasteiger partial charge in [0.25, 0.3) is 0 Å². The number of rotatable bonds is 3. The number of hydrogen-bond donors (Lipinski definition) is 3. The van der Waals surface area contributed by atoms with Crippen LogP contribution in [-0.2, 0) is 16.0 Å². The first-order valence-corrected chi connectivity index (χ1v) is 6.09. The van der Waals surface area contributed by atoms with E-state index in [1.165, 1.54) is 0 Å². The van der Waals surface area contributed by atoms with Crippen LogP contribution in [0, 0.1) is 5.41 Å². The molecule has 0 spiro atoms. The molecule has 82 valence electrons. The Morgan fingerprint density at radius 1 is 1.57 bits per heavy atom. The molecule has 0 atom stereocenters. The zero-order valence-electron chi connectivity index (χ0n) is 7.99. The summed E-state index contributed by atoms with van der Waals surface area (Å²) < 4.78 is 11.1. The topological polar surface area (TPSA) is 98.4 Å². The summed E-state index contributed by atoms with van der Waals surface area (Å²) in [5, 5.41) is 8.43. The van der Waals surface area contributed by atoms with Gasteiger partial charge in [0.15, 0.2) is 0 Å². The van der Waals surface area contributed by atoms with E-state index in [-0.39, 0.29) is 11.8 Å². The second-order valence-electron chi connectivity index (χ2n) is 3.76. The van der Waals surface area contributed by atoms with Crippen LogP contribution in [0.15, 0.2) is 0 Å². The Bertz CT molecular complexity index is 205. The van der Waals surface area contributed by atoms with Crippen molar-refractivity contribution in [3.63, 3.8) is 0 Å². The quantitative estimate of drug-likeness (QED) is 0.335. The monoisotopic (exact) mass is 220 g/mol. The van der Waals surface area contributed by atoms with Crippen LogP contribution in [-0.4, -0.2) is 33.7 Å². The molecule has 0 bridgehead atoms. The van der Waals surface area contributed by atoms with Crippen molar-refractivity contribution in [2.24, 2.45) is 11.1 Å². The van der Waals surface area contributed by atoms with E-state index in [0.29, 0.717) is 30.9 Å². The summed E-state index contributed by atoms with van der Waals surface area (Å²) in [5.41, 5.74) is 6.98. The smallest absolute Gasteiger partial charge is 0.243 e. The summed E-state index contributed by atoms with van der Waals surface area (Å²) in [6.07, 6.45) is 1.62. The molecular formula is C8H16N2O3S. The molecule has 0 aromatic carbocycles. The van der Waals surface area contributed by atoms with Gasteiger partial charge in [-0.25, -0.2) is 5.48 Å². The van der Waals surface area contributed by atoms with Gasteiger partial charge in [-0.2, -0.15) is 0 Å². The van der Waals surface area contributed by atoms with E-state index in [1.807, 2.05) is 0 Å². The van der Waals surface area contributed by atoms with Gasteiger partial charge in [-0.05, 0) is 19.4 Å². The summed E-state index contributed by atoms with van der Waals surface area (Å²) in [4.78, 5) is 11.0. The molecule has 6 heteroatoms. The number of carbonyl (C=O) groups excluding carboxylic acids is 1. The van der Waals surface area contributed by atoms with E-state index in [9.17, 15) is 9.35 Å². The third-order valence-corrected chi connectivity index (χ3v) is 4.13. The average Bonchev–Trinajstić information content (AvgIpc) is 2.22. The fourth-order valence-corrected chi connectivity index (χ4v) is 3.25. The lowest BCUT2D eigenvalue weighted by molar-refractivity contribution is -0.131. The lowest BCUT2D eigenvalue weighted by Crippen LogP contribution is -2.42. The van der Waals surface area contributed by atoms with Gasteiger partial charge < -0.3 is 10.3 Å². The summed E-state index contributed by atoms with van der Waals surface area (Å²) in [6, 6.07) is 0. The molecule has 5 nitrogen and oxygen atoms in total. The molecule has 0 unspecified atom stereocenters. The second-order valence-corrected chi connectivity index (χ2v) is 5.46. The van der Waals surface area contributed by atoms with Crippen molar-refractivity contribution in [3.05, 3.63) is 0 Å². The van der Waals surface area contributed by atoms with Gasteiger partial charge in [-0.3, -0.25) is 10.0 Å². The maximum atomic E-state index is 11.1. The molecule has 0 aliphatic carbocycles. The SMILES string of the molecule is NCC1(CC(=O)NO)CC[S+]([O-])CC1. The zero-order valence-corrected chi connectivity index (χ0v) is 8.81. The van der Waals surface area contributed by atoms with Gasteiger partial charge in [-0.1, -0.05) is 11.2 Å². The minimum absolute atomic E-state index is 0.219. The number of nitrogens with two attached hydrogens (primary N) is 1. The molecule has 1 aliphatic heterocycles. The van der Waals surface area contributed by atoms with Gasteiger partial charge >= 0.3 is 0 Å². The van der Waals surface area contributed by atoms with E-state index < -0.39 is 17.1 Å². The van der Waals surface area contributed by atoms with Crippen molar-refractivity contribution in [2.75, 3.05) is 18.1 Å². The van der Waals surface area contributed by atoms with E-state index in [0.717, 1.165) is 0 Å². The third-order valence-electron chi connectivity index (χ3n) is 2.81. The van der Waals surface area contributed by atoms with E-state index in [2.05, 4.69) is 0 Å². The lowest BCUT2D eigenvalue weighted by Gasteiger charge is -2.35. The molecule has 1 saturated heterocycles. The highest BCUT2D eigenvalue weighted by atomic mass is 32.2. The number of nitrogens with one attached hydrogen (secondary N) is 1. The van der Waals surface area contributed by atoms with Crippen LogP contribution in [0.5, 0.6) is 0 Å². The number of hydroxylamine groups is 1. The van der Waals surface area contributed by atoms with Crippen LogP contribution < -0.4 is 11.2 Å². The van der Waals surface area contributed by atoms with Crippen LogP contribution in [0.1, 0.15) is 19.3 Å². The molecule has 1 fully saturated rings. The summed E-state index contributed by atoms with van der Waals surface area (Å²) in [7, 11) is 0. The van der Waals surface area contributed by atoms with E-state index in [4.69, 9.17) is 10.9 Å². The van der Waals surface area contributed by atoms with Crippen LogP contribution in [0.4, 0.5) is 0 Å². The standard InChI is InChI=1S/C8H16N2O3S/c9-6-8(5-7(11)10-12)1-3-14(13)4-2-8/h12H,1-6,9H2,(H,10,11). The van der Waals surface area contributed by atoms with Crippen molar-refractivity contribution >= 4 is 17.1 Å². The third kappa shape index (κ3) is 2.84. The fraction of sp³-hybridized carbons (Fsp3) is 0.875. The maximum Gasteiger partial charge on any atom is 0.243 e. The van der Waals surface area contributed by atoms with Gasteiger partial charge in [-0.15, -0.1) is 0 Å². The fourth-order valence-electron chi connectivity index (χ4n) is 1.72.